The van der Waals surface area contributed by atoms with Crippen LogP contribution in [-0.4, -0.2) is 60.1 Å². The van der Waals surface area contributed by atoms with Gasteiger partial charge in [0.2, 0.25) is 11.8 Å². The van der Waals surface area contributed by atoms with Crippen LogP contribution in [0.3, 0.4) is 0 Å². The van der Waals surface area contributed by atoms with E-state index >= 15 is 0 Å². The Kier molecular flexibility index (Phi) is 4.48. The Morgan fingerprint density at radius 1 is 1.08 bits per heavy atom. The molecule has 140 valence electrons. The summed E-state index contributed by atoms with van der Waals surface area (Å²) in [5.41, 5.74) is 0.717. The van der Waals surface area contributed by atoms with Gasteiger partial charge in [0, 0.05) is 57.7 Å². The lowest BCUT2D eigenvalue weighted by Gasteiger charge is -2.33. The average molecular weight is 359 g/mol. The lowest BCUT2D eigenvalue weighted by atomic mass is 10.2. The Morgan fingerprint density at radius 2 is 1.77 bits per heavy atom. The van der Waals surface area contributed by atoms with Crippen molar-refractivity contribution >= 4 is 17.5 Å². The van der Waals surface area contributed by atoms with Crippen molar-refractivity contribution in [1.82, 2.24) is 9.80 Å². The molecule has 0 radical (unpaired) electrons. The molecule has 7 nitrogen and oxygen atoms in total. The summed E-state index contributed by atoms with van der Waals surface area (Å²) in [6, 6.07) is 5.55. The molecule has 26 heavy (non-hydrogen) atoms. The van der Waals surface area contributed by atoms with Gasteiger partial charge in [-0.3, -0.25) is 14.5 Å². The number of carbonyl (C=O) groups excluding carboxylic acids is 2. The van der Waals surface area contributed by atoms with Gasteiger partial charge in [-0.1, -0.05) is 0 Å². The first kappa shape index (κ1) is 17.1. The molecular formula is C19H25N3O4. The highest BCUT2D eigenvalue weighted by molar-refractivity contribution is 5.92. The fourth-order valence-corrected chi connectivity index (χ4v) is 3.91. The van der Waals surface area contributed by atoms with Crippen molar-refractivity contribution in [2.75, 3.05) is 38.0 Å². The van der Waals surface area contributed by atoms with Crippen molar-refractivity contribution in [3.05, 3.63) is 18.2 Å². The van der Waals surface area contributed by atoms with E-state index < -0.39 is 5.79 Å². The maximum absolute atomic E-state index is 12.3. The van der Waals surface area contributed by atoms with Gasteiger partial charge in [0.15, 0.2) is 11.5 Å². The quantitative estimate of drug-likeness (QED) is 0.892. The van der Waals surface area contributed by atoms with Gasteiger partial charge < -0.3 is 19.7 Å². The summed E-state index contributed by atoms with van der Waals surface area (Å²) in [7, 11) is 0. The van der Waals surface area contributed by atoms with Crippen LogP contribution in [0.4, 0.5) is 5.69 Å². The van der Waals surface area contributed by atoms with Crippen LogP contribution in [0.25, 0.3) is 0 Å². The van der Waals surface area contributed by atoms with Crippen molar-refractivity contribution in [1.29, 1.82) is 0 Å². The second kappa shape index (κ2) is 6.79. The number of fused-ring (bicyclic) bond motifs is 1. The number of piperazine rings is 1. The Morgan fingerprint density at radius 3 is 2.46 bits per heavy atom. The fourth-order valence-electron chi connectivity index (χ4n) is 3.91. The van der Waals surface area contributed by atoms with Crippen LogP contribution in [0.2, 0.25) is 0 Å². The SMILES string of the molecule is CC(=O)N1CCN(CC(=O)Nc2ccc3c(c2)OC2(CCCC2)O3)CC1. The van der Waals surface area contributed by atoms with Crippen LogP contribution in [0.1, 0.15) is 32.6 Å². The number of nitrogens with one attached hydrogen (secondary N) is 1. The third kappa shape index (κ3) is 3.49. The molecule has 2 fully saturated rings. The molecule has 2 heterocycles. The van der Waals surface area contributed by atoms with E-state index in [9.17, 15) is 9.59 Å². The van der Waals surface area contributed by atoms with Crippen molar-refractivity contribution in [2.24, 2.45) is 0 Å². The number of hydrogen-bond donors (Lipinski definition) is 1. The second-order valence-electron chi connectivity index (χ2n) is 7.31. The summed E-state index contributed by atoms with van der Waals surface area (Å²) in [5.74, 6) is 1.01. The van der Waals surface area contributed by atoms with E-state index in [4.69, 9.17) is 9.47 Å². The fraction of sp³-hybridized carbons (Fsp3) is 0.579. The van der Waals surface area contributed by atoms with Crippen molar-refractivity contribution in [3.63, 3.8) is 0 Å². The number of carbonyl (C=O) groups is 2. The van der Waals surface area contributed by atoms with Gasteiger partial charge in [0.1, 0.15) is 0 Å². The number of hydrogen-bond acceptors (Lipinski definition) is 5. The van der Waals surface area contributed by atoms with E-state index in [1.165, 1.54) is 0 Å². The topological polar surface area (TPSA) is 71.1 Å². The van der Waals surface area contributed by atoms with E-state index in [1.54, 1.807) is 6.92 Å². The van der Waals surface area contributed by atoms with Gasteiger partial charge in [-0.2, -0.15) is 0 Å². The smallest absolute Gasteiger partial charge is 0.251 e. The first-order valence-corrected chi connectivity index (χ1v) is 9.33. The predicted octanol–water partition coefficient (Wildman–Crippen LogP) is 1.83. The summed E-state index contributed by atoms with van der Waals surface area (Å²) < 4.78 is 12.0. The molecule has 3 aliphatic rings. The molecule has 1 aliphatic carbocycles. The molecule has 4 rings (SSSR count). The van der Waals surface area contributed by atoms with Crippen LogP contribution in [-0.2, 0) is 9.59 Å². The minimum atomic E-state index is -0.485. The maximum Gasteiger partial charge on any atom is 0.251 e. The zero-order valence-electron chi connectivity index (χ0n) is 15.1. The number of benzene rings is 1. The molecule has 1 saturated heterocycles. The van der Waals surface area contributed by atoms with Crippen LogP contribution in [0.5, 0.6) is 11.5 Å². The lowest BCUT2D eigenvalue weighted by Crippen LogP contribution is -2.49. The van der Waals surface area contributed by atoms with Gasteiger partial charge in [-0.05, 0) is 25.0 Å². The molecule has 1 aromatic carbocycles. The highest BCUT2D eigenvalue weighted by atomic mass is 16.7. The molecule has 2 aliphatic heterocycles. The van der Waals surface area contributed by atoms with E-state index in [1.807, 2.05) is 23.1 Å². The van der Waals surface area contributed by atoms with E-state index in [0.29, 0.717) is 25.4 Å². The molecule has 1 spiro atoms. The monoisotopic (exact) mass is 359 g/mol. The third-order valence-corrected chi connectivity index (χ3v) is 5.37. The van der Waals surface area contributed by atoms with Crippen LogP contribution < -0.4 is 14.8 Å². The lowest BCUT2D eigenvalue weighted by molar-refractivity contribution is -0.130. The van der Waals surface area contributed by atoms with E-state index in [2.05, 4.69) is 10.2 Å². The first-order chi connectivity index (χ1) is 12.5. The summed E-state index contributed by atoms with van der Waals surface area (Å²) in [5, 5.41) is 2.94. The highest BCUT2D eigenvalue weighted by Gasteiger charge is 2.44. The molecule has 0 atom stereocenters. The Balaban J connectivity index is 1.31. The minimum absolute atomic E-state index is 0.0595. The molecule has 2 amide bonds. The van der Waals surface area contributed by atoms with Crippen molar-refractivity contribution < 1.29 is 19.1 Å². The van der Waals surface area contributed by atoms with Gasteiger partial charge in [0.05, 0.1) is 6.54 Å². The zero-order chi connectivity index (χ0) is 18.1. The Labute approximate surface area is 153 Å². The molecule has 0 unspecified atom stereocenters. The average Bonchev–Trinajstić information content (AvgIpc) is 3.21. The molecule has 1 saturated carbocycles. The first-order valence-electron chi connectivity index (χ1n) is 9.33. The zero-order valence-corrected chi connectivity index (χ0v) is 15.1. The Bertz CT molecular complexity index is 707. The predicted molar refractivity (Wildman–Crippen MR) is 96.2 cm³/mol. The molecule has 0 aromatic heterocycles. The maximum atomic E-state index is 12.3. The number of nitrogens with zero attached hydrogens (tertiary/aromatic N) is 2. The highest BCUT2D eigenvalue weighted by Crippen LogP contribution is 2.47. The standard InChI is InChI=1S/C19H25N3O4/c1-14(23)22-10-8-21(9-11-22)13-18(24)20-15-4-5-16-17(12-15)26-19(25-16)6-2-3-7-19/h4-5,12H,2-3,6-11,13H2,1H3,(H,20,24). The molecular weight excluding hydrogens is 334 g/mol. The largest absolute Gasteiger partial charge is 0.448 e. The third-order valence-electron chi connectivity index (χ3n) is 5.37. The van der Waals surface area contributed by atoms with Gasteiger partial charge >= 0.3 is 0 Å². The summed E-state index contributed by atoms with van der Waals surface area (Å²) >= 11 is 0. The second-order valence-corrected chi connectivity index (χ2v) is 7.31. The van der Waals surface area contributed by atoms with Gasteiger partial charge in [0.25, 0.3) is 5.79 Å². The number of ether oxygens (including phenoxy) is 2. The number of anilines is 1. The normalized spacial score (nSPS) is 21.2. The van der Waals surface area contributed by atoms with E-state index in [0.717, 1.165) is 50.2 Å². The van der Waals surface area contributed by atoms with Crippen molar-refractivity contribution in [2.45, 2.75) is 38.4 Å². The molecule has 7 heteroatoms. The summed E-state index contributed by atoms with van der Waals surface area (Å²) in [6.45, 7) is 4.69. The summed E-state index contributed by atoms with van der Waals surface area (Å²) in [6.07, 6.45) is 4.06. The van der Waals surface area contributed by atoms with Gasteiger partial charge in [-0.25, -0.2) is 0 Å². The van der Waals surface area contributed by atoms with Gasteiger partial charge in [-0.15, -0.1) is 0 Å². The van der Waals surface area contributed by atoms with Crippen molar-refractivity contribution in [3.8, 4) is 11.5 Å². The van der Waals surface area contributed by atoms with Crippen LogP contribution >= 0.6 is 0 Å². The van der Waals surface area contributed by atoms with Crippen LogP contribution in [0.15, 0.2) is 18.2 Å². The minimum Gasteiger partial charge on any atom is -0.448 e. The molecule has 0 bridgehead atoms. The van der Waals surface area contributed by atoms with E-state index in [-0.39, 0.29) is 11.8 Å². The van der Waals surface area contributed by atoms with Crippen LogP contribution in [0, 0.1) is 0 Å². The number of rotatable bonds is 3. The Hall–Kier alpha value is -2.28. The molecule has 1 N–H and O–H groups in total. The molecule has 1 aromatic rings. The number of amides is 2. The summed E-state index contributed by atoms with van der Waals surface area (Å²) in [4.78, 5) is 27.6.